The number of amides is 3. The first-order valence-electron chi connectivity index (χ1n) is 21.2. The summed E-state index contributed by atoms with van der Waals surface area (Å²) in [4.78, 5) is 50.5. The van der Waals surface area contributed by atoms with Crippen LogP contribution in [0, 0.1) is 23.0 Å². The van der Waals surface area contributed by atoms with Crippen LogP contribution in [0.3, 0.4) is 0 Å². The number of rotatable bonds is 12. The molecule has 3 amide bonds. The molecule has 8 rings (SSSR count). The second-order valence-corrected chi connectivity index (χ2v) is 18.5. The fraction of sp³-hybridized carbons (Fsp3) is 0.455. The third-order valence-corrected chi connectivity index (χ3v) is 14.2. The molecule has 0 saturated carbocycles. The number of hydrogen-bond donors (Lipinski definition) is 3. The molecule has 1 spiro atoms. The molecule has 2 atom stereocenters. The van der Waals surface area contributed by atoms with Gasteiger partial charge in [-0.3, -0.25) is 34.3 Å². The highest BCUT2D eigenvalue weighted by Gasteiger charge is 2.44. The summed E-state index contributed by atoms with van der Waals surface area (Å²) in [5.74, 6) is -2.13. The van der Waals surface area contributed by atoms with E-state index in [0.29, 0.717) is 100 Å². The van der Waals surface area contributed by atoms with E-state index in [1.54, 1.807) is 43.5 Å². The van der Waals surface area contributed by atoms with E-state index in [4.69, 9.17) is 14.5 Å². The van der Waals surface area contributed by atoms with Crippen molar-refractivity contribution in [3.05, 3.63) is 83.2 Å². The average molecular weight is 886 g/mol. The number of benzene rings is 3. The highest BCUT2D eigenvalue weighted by molar-refractivity contribution is 7.90. The Morgan fingerprint density at radius 3 is 2.52 bits per heavy atom. The largest absolute Gasteiger partial charge is 0.453 e. The molecule has 19 heteroatoms. The van der Waals surface area contributed by atoms with Crippen molar-refractivity contribution in [2.45, 2.75) is 75.3 Å². The predicted octanol–water partition coefficient (Wildman–Crippen LogP) is 5.14. The van der Waals surface area contributed by atoms with Crippen LogP contribution in [-0.2, 0) is 29.3 Å². The van der Waals surface area contributed by atoms with Gasteiger partial charge in [0.1, 0.15) is 29.2 Å². The van der Waals surface area contributed by atoms with E-state index in [1.807, 2.05) is 11.0 Å². The van der Waals surface area contributed by atoms with Crippen LogP contribution in [0.1, 0.15) is 80.5 Å². The number of carbonyl (C=O) groups excluding carboxylic acids is 3. The molecule has 1 aromatic heterocycles. The molecule has 4 saturated heterocycles. The number of piperidine rings is 3. The molecule has 332 valence electrons. The number of imide groups is 1. The van der Waals surface area contributed by atoms with Gasteiger partial charge in [-0.2, -0.15) is 18.0 Å². The number of carbonyl (C=O) groups is 3. The van der Waals surface area contributed by atoms with Gasteiger partial charge >= 0.3 is 10.2 Å². The molecule has 63 heavy (non-hydrogen) atoms. The van der Waals surface area contributed by atoms with Gasteiger partial charge in [0.25, 0.3) is 0 Å². The Morgan fingerprint density at radius 1 is 1.03 bits per heavy atom. The Balaban J connectivity index is 0.831. The summed E-state index contributed by atoms with van der Waals surface area (Å²) in [5, 5.41) is 15.2. The lowest BCUT2D eigenvalue weighted by Gasteiger charge is -2.40. The van der Waals surface area contributed by atoms with Gasteiger partial charge in [-0.1, -0.05) is 13.0 Å². The van der Waals surface area contributed by atoms with Crippen LogP contribution < -0.4 is 20.1 Å². The van der Waals surface area contributed by atoms with E-state index in [1.165, 1.54) is 19.2 Å². The van der Waals surface area contributed by atoms with E-state index < -0.39 is 39.3 Å². The third kappa shape index (κ3) is 9.59. The molecule has 16 nitrogen and oxygen atoms in total. The van der Waals surface area contributed by atoms with Crippen molar-refractivity contribution in [2.24, 2.45) is 0 Å². The molecule has 4 aliphatic heterocycles. The summed E-state index contributed by atoms with van der Waals surface area (Å²) in [5.41, 5.74) is 2.05. The minimum Gasteiger partial charge on any atom is -0.453 e. The van der Waals surface area contributed by atoms with Gasteiger partial charge in [0.05, 0.1) is 41.2 Å². The lowest BCUT2D eigenvalue weighted by Crippen LogP contribution is -2.50. The minimum absolute atomic E-state index is 0.0153. The zero-order valence-corrected chi connectivity index (χ0v) is 35.8. The minimum atomic E-state index is -3.99. The second kappa shape index (κ2) is 18.1. The fourth-order valence-electron chi connectivity index (χ4n) is 8.84. The Hall–Kier alpha value is -5.81. The monoisotopic (exact) mass is 885 g/mol. The first kappa shape index (κ1) is 43.8. The maximum Gasteiger partial charge on any atom is 0.301 e. The Bertz CT molecular complexity index is 2580. The number of halogens is 2. The zero-order chi connectivity index (χ0) is 44.5. The lowest BCUT2D eigenvalue weighted by atomic mass is 9.84. The van der Waals surface area contributed by atoms with Gasteiger partial charge in [-0.05, 0) is 99.5 Å². The number of hydrogen-bond acceptors (Lipinski definition) is 12. The van der Waals surface area contributed by atoms with Crippen molar-refractivity contribution in [1.29, 1.82) is 5.26 Å². The molecular weight excluding hydrogens is 837 g/mol. The average Bonchev–Trinajstić information content (AvgIpc) is 3.68. The van der Waals surface area contributed by atoms with Gasteiger partial charge in [-0.25, -0.2) is 13.8 Å². The number of ether oxygens (including phenoxy) is 2. The maximum atomic E-state index is 15.3. The summed E-state index contributed by atoms with van der Waals surface area (Å²) in [6.45, 7) is 5.03. The number of fused-ring (bicyclic) bond motifs is 1. The number of nitrogens with one attached hydrogen (secondary N) is 3. The molecule has 2 unspecified atom stereocenters. The van der Waals surface area contributed by atoms with Crippen LogP contribution in [-0.4, -0.2) is 115 Å². The SMILES string of the molecule is CCN(C)S(=O)(=O)Nc1ccc(F)c(Oc2ccc3ncc(C4COC5(CCN(C(=O)CN6CCC(c7ccc(NC8CCC(=O)NC8=O)cc7F)CC6)CC5)C4)nc3c2)c1C#N. The van der Waals surface area contributed by atoms with E-state index in [0.717, 1.165) is 16.1 Å². The summed E-state index contributed by atoms with van der Waals surface area (Å²) >= 11 is 0. The Morgan fingerprint density at radius 2 is 1.81 bits per heavy atom. The molecule has 4 aromatic rings. The topological polar surface area (TPSA) is 199 Å². The van der Waals surface area contributed by atoms with Gasteiger partial charge in [0, 0.05) is 57.0 Å². The second-order valence-electron chi connectivity index (χ2n) is 16.7. The first-order chi connectivity index (χ1) is 30.2. The quantitative estimate of drug-likeness (QED) is 0.159. The standard InChI is InChI=1S/C44H49F2N9O7S/c1-3-53(2)63(59,60)52-35-9-7-33(45)42(32(35)23-47)62-30-5-8-36-38(21-30)50-39(24-48-36)28-22-44(61-26-28)14-18-55(19-15-44)41(57)25-54-16-12-27(13-17-54)31-6-4-29(20-34(31)46)49-37-10-11-40(56)51-43(37)58/h4-9,20-21,24,27-28,37,49,52H,3,10-19,22,25-26H2,1-2H3,(H,51,56,58). The predicted molar refractivity (Wildman–Crippen MR) is 228 cm³/mol. The number of nitrogens with zero attached hydrogens (tertiary/aromatic N) is 6. The molecule has 3 aromatic carbocycles. The molecule has 0 aliphatic carbocycles. The maximum absolute atomic E-state index is 15.3. The van der Waals surface area contributed by atoms with Gasteiger partial charge in [-0.15, -0.1) is 0 Å². The van der Waals surface area contributed by atoms with Crippen LogP contribution >= 0.6 is 0 Å². The fourth-order valence-corrected chi connectivity index (χ4v) is 9.79. The smallest absolute Gasteiger partial charge is 0.301 e. The van der Waals surface area contributed by atoms with Gasteiger partial charge in [0.2, 0.25) is 17.7 Å². The van der Waals surface area contributed by atoms with Gasteiger partial charge in [0.15, 0.2) is 11.6 Å². The summed E-state index contributed by atoms with van der Waals surface area (Å²) in [6, 6.07) is 13.2. The first-order valence-corrected chi connectivity index (χ1v) is 22.6. The molecule has 3 N–H and O–H groups in total. The normalized spacial score (nSPS) is 20.8. The highest BCUT2D eigenvalue weighted by Crippen LogP contribution is 2.43. The summed E-state index contributed by atoms with van der Waals surface area (Å²) < 4.78 is 71.3. The van der Waals surface area contributed by atoms with Crippen LogP contribution in [0.2, 0.25) is 0 Å². The number of anilines is 2. The highest BCUT2D eigenvalue weighted by atomic mass is 32.2. The molecule has 4 fully saturated rings. The molecular formula is C44H49F2N9O7S. The van der Waals surface area contributed by atoms with Crippen LogP contribution in [0.4, 0.5) is 20.2 Å². The van der Waals surface area contributed by atoms with E-state index in [9.17, 15) is 28.1 Å². The van der Waals surface area contributed by atoms with E-state index in [2.05, 4.69) is 25.2 Å². The molecule has 0 radical (unpaired) electrons. The van der Waals surface area contributed by atoms with Crippen molar-refractivity contribution in [1.82, 2.24) is 29.4 Å². The number of aromatic nitrogens is 2. The van der Waals surface area contributed by atoms with Crippen LogP contribution in [0.5, 0.6) is 11.5 Å². The molecule has 0 bridgehead atoms. The third-order valence-electron chi connectivity index (χ3n) is 12.7. The Kier molecular flexibility index (Phi) is 12.6. The van der Waals surface area contributed by atoms with Gasteiger partial charge < -0.3 is 19.7 Å². The lowest BCUT2D eigenvalue weighted by molar-refractivity contribution is -0.137. The van der Waals surface area contributed by atoms with Crippen molar-refractivity contribution < 1.29 is 41.1 Å². The molecule has 5 heterocycles. The van der Waals surface area contributed by atoms with Crippen LogP contribution in [0.15, 0.2) is 54.7 Å². The van der Waals surface area contributed by atoms with E-state index >= 15 is 8.78 Å². The summed E-state index contributed by atoms with van der Waals surface area (Å²) in [7, 11) is -2.62. The van der Waals surface area contributed by atoms with Crippen molar-refractivity contribution in [2.75, 3.05) is 63.0 Å². The van der Waals surface area contributed by atoms with Crippen molar-refractivity contribution in [3.8, 4) is 17.6 Å². The molecule has 4 aliphatic rings. The Labute approximate surface area is 364 Å². The number of likely N-dealkylation sites (tertiary alicyclic amines) is 2. The summed E-state index contributed by atoms with van der Waals surface area (Å²) in [6.07, 6.45) is 5.81. The van der Waals surface area contributed by atoms with Crippen LogP contribution in [0.25, 0.3) is 11.0 Å². The number of nitriles is 1. The van der Waals surface area contributed by atoms with Crippen molar-refractivity contribution >= 4 is 50.3 Å². The zero-order valence-electron chi connectivity index (χ0n) is 35.0. The van der Waals surface area contributed by atoms with Crippen molar-refractivity contribution in [3.63, 3.8) is 0 Å². The van der Waals surface area contributed by atoms with E-state index in [-0.39, 0.29) is 59.4 Å².